The molecule has 0 unspecified atom stereocenters. The number of thiophene rings is 1. The van der Waals surface area contributed by atoms with Gasteiger partial charge in [0.25, 0.3) is 0 Å². The number of nitrogens with zero attached hydrogens (tertiary/aromatic N) is 3. The number of methoxy groups -OCH3 is 1. The molecule has 0 N–H and O–H groups in total. The molecule has 0 amide bonds. The molecule has 7 heteroatoms. The minimum absolute atomic E-state index is 0.296. The van der Waals surface area contributed by atoms with Gasteiger partial charge in [-0.1, -0.05) is 12.1 Å². The highest BCUT2D eigenvalue weighted by atomic mass is 32.1. The quantitative estimate of drug-likeness (QED) is 0.380. The van der Waals surface area contributed by atoms with E-state index in [0.717, 1.165) is 44.7 Å². The molecule has 2 aromatic carbocycles. The summed E-state index contributed by atoms with van der Waals surface area (Å²) in [5.41, 5.74) is 7.10. The van der Waals surface area contributed by atoms with Crippen LogP contribution in [0.3, 0.4) is 0 Å². The Bertz CT molecular complexity index is 1410. The summed E-state index contributed by atoms with van der Waals surface area (Å²) in [6, 6.07) is 12.9. The van der Waals surface area contributed by atoms with Gasteiger partial charge < -0.3 is 14.0 Å². The highest BCUT2D eigenvalue weighted by molar-refractivity contribution is 7.09. The molecule has 32 heavy (non-hydrogen) atoms. The molecule has 0 saturated heterocycles. The molecule has 1 aliphatic heterocycles. The lowest BCUT2D eigenvalue weighted by Crippen LogP contribution is -2.07. The van der Waals surface area contributed by atoms with Crippen molar-refractivity contribution < 1.29 is 13.9 Å². The second-order valence-electron chi connectivity index (χ2n) is 7.72. The predicted molar refractivity (Wildman–Crippen MR) is 122 cm³/mol. The summed E-state index contributed by atoms with van der Waals surface area (Å²) in [4.78, 5) is 4.69. The van der Waals surface area contributed by atoms with Crippen molar-refractivity contribution in [3.63, 3.8) is 0 Å². The normalized spacial score (nSPS) is 14.3. The first-order valence-corrected chi connectivity index (χ1v) is 11.1. The minimum Gasteiger partial charge on any atom is -0.488 e. The van der Waals surface area contributed by atoms with E-state index >= 15 is 0 Å². The first-order chi connectivity index (χ1) is 15.6. The summed E-state index contributed by atoms with van der Waals surface area (Å²) in [6.45, 7) is 3.14. The standard InChI is InChI=1S/C25H20FN3O2S/c1-15(9-27)25-19-5-3-16(7-17(19)11-31-23-8-18(26)4-6-20(23)25)10-29-22-14-32-13-21(22)28-24(29)12-30-2/h3-8,13-14H,10-12H2,1-2H3/b25-15+. The second-order valence-corrected chi connectivity index (χ2v) is 8.47. The van der Waals surface area contributed by atoms with Crippen molar-refractivity contribution in [3.05, 3.63) is 86.6 Å². The second kappa shape index (κ2) is 8.23. The number of ether oxygens (including phenoxy) is 2. The van der Waals surface area contributed by atoms with Crippen LogP contribution in [0, 0.1) is 17.1 Å². The van der Waals surface area contributed by atoms with E-state index in [0.29, 0.717) is 31.1 Å². The van der Waals surface area contributed by atoms with Gasteiger partial charge in [-0.15, -0.1) is 11.3 Å². The van der Waals surface area contributed by atoms with Crippen molar-refractivity contribution in [2.45, 2.75) is 26.7 Å². The fourth-order valence-electron chi connectivity index (χ4n) is 4.20. The molecule has 0 aliphatic carbocycles. The predicted octanol–water partition coefficient (Wildman–Crippen LogP) is 5.67. The average Bonchev–Trinajstić information content (AvgIpc) is 3.32. The molecule has 5 nitrogen and oxygen atoms in total. The Balaban J connectivity index is 1.59. The monoisotopic (exact) mass is 445 g/mol. The number of hydrogen-bond donors (Lipinski definition) is 0. The molecule has 0 saturated carbocycles. The van der Waals surface area contributed by atoms with E-state index in [1.54, 1.807) is 31.4 Å². The zero-order chi connectivity index (χ0) is 22.2. The topological polar surface area (TPSA) is 60.1 Å². The van der Waals surface area contributed by atoms with Crippen LogP contribution in [0.2, 0.25) is 0 Å². The third-order valence-electron chi connectivity index (χ3n) is 5.67. The third-order valence-corrected chi connectivity index (χ3v) is 6.38. The number of nitriles is 1. The van der Waals surface area contributed by atoms with Gasteiger partial charge in [0.1, 0.15) is 30.6 Å². The van der Waals surface area contributed by atoms with Gasteiger partial charge in [-0.2, -0.15) is 5.26 Å². The Morgan fingerprint density at radius 3 is 2.91 bits per heavy atom. The molecular formula is C25H20FN3O2S. The maximum atomic E-state index is 13.9. The van der Waals surface area contributed by atoms with Crippen LogP contribution >= 0.6 is 11.3 Å². The van der Waals surface area contributed by atoms with Crippen molar-refractivity contribution in [1.29, 1.82) is 5.26 Å². The van der Waals surface area contributed by atoms with Crippen molar-refractivity contribution in [2.24, 2.45) is 0 Å². The molecule has 0 atom stereocenters. The first-order valence-electron chi connectivity index (χ1n) is 10.1. The average molecular weight is 446 g/mol. The molecule has 0 bridgehead atoms. The lowest BCUT2D eigenvalue weighted by Gasteiger charge is -2.14. The van der Waals surface area contributed by atoms with Gasteiger partial charge >= 0.3 is 0 Å². The molecule has 2 aromatic heterocycles. The largest absolute Gasteiger partial charge is 0.488 e. The number of imidazole rings is 1. The summed E-state index contributed by atoms with van der Waals surface area (Å²) in [5, 5.41) is 13.8. The maximum absolute atomic E-state index is 13.9. The molecule has 3 heterocycles. The SMILES string of the molecule is COCc1nc2cscc2n1Cc1ccc2c(c1)COc1cc(F)ccc1/C2=C(\C)C#N. The van der Waals surface area contributed by atoms with Gasteiger partial charge in [-0.3, -0.25) is 0 Å². The fourth-order valence-corrected chi connectivity index (χ4v) is 4.94. The number of benzene rings is 2. The highest BCUT2D eigenvalue weighted by Gasteiger charge is 2.22. The molecule has 4 aromatic rings. The number of aromatic nitrogens is 2. The van der Waals surface area contributed by atoms with Crippen LogP contribution in [0.5, 0.6) is 5.75 Å². The number of halogens is 1. The van der Waals surface area contributed by atoms with Crippen LogP contribution in [-0.2, 0) is 24.5 Å². The Labute approximate surface area is 189 Å². The van der Waals surface area contributed by atoms with Crippen LogP contribution in [0.15, 0.2) is 52.7 Å². The zero-order valence-electron chi connectivity index (χ0n) is 17.7. The van der Waals surface area contributed by atoms with Crippen molar-refractivity contribution >= 4 is 27.9 Å². The van der Waals surface area contributed by atoms with Crippen LogP contribution in [0.25, 0.3) is 16.6 Å². The number of fused-ring (bicyclic) bond motifs is 3. The lowest BCUT2D eigenvalue weighted by molar-refractivity contribution is 0.175. The van der Waals surface area contributed by atoms with Crippen LogP contribution < -0.4 is 4.74 Å². The maximum Gasteiger partial charge on any atom is 0.136 e. The first kappa shape index (κ1) is 20.4. The van der Waals surface area contributed by atoms with Gasteiger partial charge in [0, 0.05) is 47.2 Å². The van der Waals surface area contributed by atoms with Gasteiger partial charge in [0.2, 0.25) is 0 Å². The van der Waals surface area contributed by atoms with E-state index in [4.69, 9.17) is 9.47 Å². The highest BCUT2D eigenvalue weighted by Crippen LogP contribution is 2.39. The molecule has 0 fully saturated rings. The molecular weight excluding hydrogens is 425 g/mol. The number of allylic oxidation sites excluding steroid dienone is 1. The van der Waals surface area contributed by atoms with E-state index in [2.05, 4.69) is 33.1 Å². The van der Waals surface area contributed by atoms with Crippen LogP contribution in [0.4, 0.5) is 4.39 Å². The molecule has 0 spiro atoms. The Morgan fingerprint density at radius 1 is 1.25 bits per heavy atom. The summed E-state index contributed by atoms with van der Waals surface area (Å²) in [6.07, 6.45) is 0. The Morgan fingerprint density at radius 2 is 2.09 bits per heavy atom. The Hall–Kier alpha value is -3.47. The van der Waals surface area contributed by atoms with Gasteiger partial charge in [0.05, 0.1) is 17.1 Å². The van der Waals surface area contributed by atoms with Gasteiger partial charge in [-0.05, 0) is 41.8 Å². The molecule has 1 aliphatic rings. The summed E-state index contributed by atoms with van der Waals surface area (Å²) in [7, 11) is 1.66. The smallest absolute Gasteiger partial charge is 0.136 e. The van der Waals surface area contributed by atoms with E-state index in [1.807, 2.05) is 11.4 Å². The van der Waals surface area contributed by atoms with Crippen LogP contribution in [-0.4, -0.2) is 16.7 Å². The zero-order valence-corrected chi connectivity index (χ0v) is 18.5. The van der Waals surface area contributed by atoms with Gasteiger partial charge in [0.15, 0.2) is 0 Å². The number of hydrogen-bond acceptors (Lipinski definition) is 5. The molecule has 0 radical (unpaired) electrons. The minimum atomic E-state index is -0.366. The van der Waals surface area contributed by atoms with Crippen LogP contribution in [0.1, 0.15) is 35.0 Å². The van der Waals surface area contributed by atoms with E-state index in [-0.39, 0.29) is 5.82 Å². The fraction of sp³-hybridized carbons (Fsp3) is 0.200. The molecule has 160 valence electrons. The van der Waals surface area contributed by atoms with Crippen molar-refractivity contribution in [3.8, 4) is 11.8 Å². The number of rotatable bonds is 4. The van der Waals surface area contributed by atoms with E-state index in [9.17, 15) is 9.65 Å². The summed E-state index contributed by atoms with van der Waals surface area (Å²) >= 11 is 1.63. The van der Waals surface area contributed by atoms with E-state index in [1.165, 1.54) is 12.1 Å². The molecule has 5 rings (SSSR count). The summed E-state index contributed by atoms with van der Waals surface area (Å²) < 4.78 is 27.3. The lowest BCUT2D eigenvalue weighted by atomic mass is 9.90. The van der Waals surface area contributed by atoms with Crippen molar-refractivity contribution in [2.75, 3.05) is 7.11 Å². The van der Waals surface area contributed by atoms with Crippen molar-refractivity contribution in [1.82, 2.24) is 9.55 Å². The van der Waals surface area contributed by atoms with Gasteiger partial charge in [-0.25, -0.2) is 9.37 Å². The summed E-state index contributed by atoms with van der Waals surface area (Å²) in [5.74, 6) is 0.958. The van der Waals surface area contributed by atoms with E-state index < -0.39 is 0 Å². The third kappa shape index (κ3) is 3.48. The Kier molecular flexibility index (Phi) is 5.25.